The van der Waals surface area contributed by atoms with Gasteiger partial charge in [-0.15, -0.1) is 5.10 Å². The normalized spacial score (nSPS) is 18.0. The highest BCUT2D eigenvalue weighted by molar-refractivity contribution is 7.91. The lowest BCUT2D eigenvalue weighted by molar-refractivity contribution is 0.155. The summed E-state index contributed by atoms with van der Waals surface area (Å²) in [6, 6.07) is 12.0. The molecule has 1 aliphatic rings. The average Bonchev–Trinajstić information content (AvgIpc) is 3.28. The summed E-state index contributed by atoms with van der Waals surface area (Å²) in [5, 5.41) is 4.87. The minimum atomic E-state index is -2.96. The standard InChI is InChI=1S/C22H27N5O2S2/c1-3-13-25(20-10-14-31(28,29)15-20)16-26-22(30)27(19-6-4-17(2)5-7-19)21(24-26)18-8-11-23-12-9-18/h4-9,11-12,20H,3,10,13-16H2,1-2H3. The zero-order valence-corrected chi connectivity index (χ0v) is 19.4. The summed E-state index contributed by atoms with van der Waals surface area (Å²) < 4.78 is 28.5. The van der Waals surface area contributed by atoms with Crippen LogP contribution in [0.4, 0.5) is 0 Å². The number of nitrogens with zero attached hydrogens (tertiary/aromatic N) is 5. The van der Waals surface area contributed by atoms with Crippen LogP contribution in [0, 0.1) is 11.7 Å². The molecule has 9 heteroatoms. The second-order valence-corrected chi connectivity index (χ2v) is 10.6. The van der Waals surface area contributed by atoms with Crippen molar-refractivity contribution >= 4 is 22.1 Å². The van der Waals surface area contributed by atoms with Crippen LogP contribution in [0.2, 0.25) is 0 Å². The van der Waals surface area contributed by atoms with E-state index in [1.165, 1.54) is 5.56 Å². The van der Waals surface area contributed by atoms with Gasteiger partial charge in [0.1, 0.15) is 0 Å². The van der Waals surface area contributed by atoms with Gasteiger partial charge < -0.3 is 0 Å². The minimum absolute atomic E-state index is 0.000695. The van der Waals surface area contributed by atoms with Gasteiger partial charge in [0.25, 0.3) is 0 Å². The summed E-state index contributed by atoms with van der Waals surface area (Å²) >= 11 is 5.85. The number of benzene rings is 1. The molecule has 3 heterocycles. The van der Waals surface area contributed by atoms with E-state index in [4.69, 9.17) is 17.3 Å². The van der Waals surface area contributed by atoms with E-state index in [1.54, 1.807) is 12.4 Å². The highest BCUT2D eigenvalue weighted by atomic mass is 32.2. The monoisotopic (exact) mass is 457 g/mol. The summed E-state index contributed by atoms with van der Waals surface area (Å²) in [5.74, 6) is 1.20. The third kappa shape index (κ3) is 4.78. The van der Waals surface area contributed by atoms with Gasteiger partial charge in [-0.1, -0.05) is 24.6 Å². The van der Waals surface area contributed by atoms with Crippen LogP contribution in [0.5, 0.6) is 0 Å². The Morgan fingerprint density at radius 1 is 1.16 bits per heavy atom. The van der Waals surface area contributed by atoms with E-state index >= 15 is 0 Å². The van der Waals surface area contributed by atoms with Crippen molar-refractivity contribution in [2.75, 3.05) is 18.1 Å². The molecule has 31 heavy (non-hydrogen) atoms. The average molecular weight is 458 g/mol. The number of aromatic nitrogens is 4. The fraction of sp³-hybridized carbons (Fsp3) is 0.409. The molecule has 1 aliphatic heterocycles. The van der Waals surface area contributed by atoms with E-state index in [1.807, 2.05) is 33.5 Å². The molecule has 3 aromatic rings. The van der Waals surface area contributed by atoms with Crippen LogP contribution in [-0.2, 0) is 16.5 Å². The van der Waals surface area contributed by atoms with E-state index in [0.29, 0.717) is 17.9 Å². The number of hydrogen-bond donors (Lipinski definition) is 0. The zero-order valence-electron chi connectivity index (χ0n) is 17.8. The van der Waals surface area contributed by atoms with Crippen molar-refractivity contribution in [1.29, 1.82) is 0 Å². The number of sulfone groups is 1. The van der Waals surface area contributed by atoms with E-state index in [2.05, 4.69) is 35.9 Å². The Labute approximate surface area is 188 Å². The Morgan fingerprint density at radius 2 is 1.87 bits per heavy atom. The van der Waals surface area contributed by atoms with E-state index < -0.39 is 9.84 Å². The molecule has 1 atom stereocenters. The van der Waals surface area contributed by atoms with Crippen molar-refractivity contribution in [2.24, 2.45) is 0 Å². The number of aryl methyl sites for hydroxylation is 1. The Bertz CT molecular complexity index is 1200. The first kappa shape index (κ1) is 21.9. The van der Waals surface area contributed by atoms with E-state index in [0.717, 1.165) is 30.0 Å². The van der Waals surface area contributed by atoms with Crippen LogP contribution < -0.4 is 0 Å². The van der Waals surface area contributed by atoms with Gasteiger partial charge in [-0.05, 0) is 62.8 Å². The quantitative estimate of drug-likeness (QED) is 0.505. The SMILES string of the molecule is CCCN(Cn1nc(-c2ccncc2)n(-c2ccc(C)cc2)c1=S)C1CCS(=O)(=O)C1. The Balaban J connectivity index is 1.76. The summed E-state index contributed by atoms with van der Waals surface area (Å²) in [6.45, 7) is 5.41. The first-order chi connectivity index (χ1) is 14.9. The maximum absolute atomic E-state index is 12.0. The minimum Gasteiger partial charge on any atom is -0.280 e. The zero-order chi connectivity index (χ0) is 22.0. The van der Waals surface area contributed by atoms with Gasteiger partial charge in [-0.3, -0.25) is 14.5 Å². The van der Waals surface area contributed by atoms with Crippen molar-refractivity contribution < 1.29 is 8.42 Å². The highest BCUT2D eigenvalue weighted by Gasteiger charge is 2.32. The third-order valence-electron chi connectivity index (χ3n) is 5.62. The highest BCUT2D eigenvalue weighted by Crippen LogP contribution is 2.24. The largest absolute Gasteiger partial charge is 0.280 e. The van der Waals surface area contributed by atoms with Crippen molar-refractivity contribution in [3.63, 3.8) is 0 Å². The molecule has 1 unspecified atom stereocenters. The van der Waals surface area contributed by atoms with Gasteiger partial charge >= 0.3 is 0 Å². The van der Waals surface area contributed by atoms with E-state index in [9.17, 15) is 8.42 Å². The van der Waals surface area contributed by atoms with Crippen molar-refractivity contribution in [1.82, 2.24) is 24.2 Å². The molecule has 1 fully saturated rings. The van der Waals surface area contributed by atoms with Crippen molar-refractivity contribution in [3.8, 4) is 17.1 Å². The molecule has 0 radical (unpaired) electrons. The molecule has 1 saturated heterocycles. The van der Waals surface area contributed by atoms with Gasteiger partial charge in [-0.2, -0.15) is 0 Å². The summed E-state index contributed by atoms with van der Waals surface area (Å²) in [4.78, 5) is 6.32. The first-order valence-electron chi connectivity index (χ1n) is 10.5. The second-order valence-electron chi connectivity index (χ2n) is 8.02. The summed E-state index contributed by atoms with van der Waals surface area (Å²) in [6.07, 6.45) is 5.07. The molecule has 0 spiro atoms. The number of pyridine rings is 1. The van der Waals surface area contributed by atoms with Crippen LogP contribution in [0.1, 0.15) is 25.3 Å². The topological polar surface area (TPSA) is 73.0 Å². The Kier molecular flexibility index (Phi) is 6.36. The van der Waals surface area contributed by atoms with Crippen LogP contribution in [0.25, 0.3) is 17.1 Å². The van der Waals surface area contributed by atoms with Gasteiger partial charge in [-0.25, -0.2) is 13.1 Å². The third-order valence-corrected chi connectivity index (χ3v) is 7.76. The first-order valence-corrected chi connectivity index (χ1v) is 12.7. The maximum atomic E-state index is 12.0. The second kappa shape index (κ2) is 9.02. The Hall–Kier alpha value is -2.36. The van der Waals surface area contributed by atoms with Gasteiger partial charge in [0.15, 0.2) is 15.7 Å². The summed E-state index contributed by atoms with van der Waals surface area (Å²) in [7, 11) is -2.96. The molecule has 0 bridgehead atoms. The molecule has 0 aliphatic carbocycles. The number of rotatable bonds is 7. The van der Waals surface area contributed by atoms with Gasteiger partial charge in [0, 0.05) is 29.7 Å². The fourth-order valence-electron chi connectivity index (χ4n) is 4.01. The van der Waals surface area contributed by atoms with E-state index in [-0.39, 0.29) is 17.5 Å². The lowest BCUT2D eigenvalue weighted by Gasteiger charge is -2.27. The molecule has 1 aromatic carbocycles. The van der Waals surface area contributed by atoms with Gasteiger partial charge in [0.05, 0.1) is 18.2 Å². The molecule has 7 nitrogen and oxygen atoms in total. The van der Waals surface area contributed by atoms with Crippen LogP contribution in [0.3, 0.4) is 0 Å². The molecule has 2 aromatic heterocycles. The molecule has 0 N–H and O–H groups in total. The molecular weight excluding hydrogens is 430 g/mol. The predicted molar refractivity (Wildman–Crippen MR) is 124 cm³/mol. The lowest BCUT2D eigenvalue weighted by atomic mass is 10.2. The van der Waals surface area contributed by atoms with Crippen LogP contribution >= 0.6 is 12.2 Å². The van der Waals surface area contributed by atoms with Gasteiger partial charge in [0.2, 0.25) is 4.77 Å². The van der Waals surface area contributed by atoms with Crippen molar-refractivity contribution in [2.45, 2.75) is 39.4 Å². The van der Waals surface area contributed by atoms with Crippen LogP contribution in [-0.4, -0.2) is 56.7 Å². The molecule has 0 saturated carbocycles. The predicted octanol–water partition coefficient (Wildman–Crippen LogP) is 3.63. The Morgan fingerprint density at radius 3 is 2.48 bits per heavy atom. The lowest BCUT2D eigenvalue weighted by Crippen LogP contribution is -2.38. The molecular formula is C22H27N5O2S2. The molecule has 4 rings (SSSR count). The van der Waals surface area contributed by atoms with Crippen LogP contribution in [0.15, 0.2) is 48.8 Å². The summed E-state index contributed by atoms with van der Waals surface area (Å²) in [5.41, 5.74) is 3.04. The molecule has 0 amide bonds. The smallest absolute Gasteiger partial charge is 0.204 e. The maximum Gasteiger partial charge on any atom is 0.204 e. The fourth-order valence-corrected chi connectivity index (χ4v) is 6.06. The van der Waals surface area contributed by atoms with Crippen molar-refractivity contribution in [3.05, 3.63) is 59.1 Å². The number of hydrogen-bond acceptors (Lipinski definition) is 6. The molecule has 164 valence electrons.